The van der Waals surface area contributed by atoms with E-state index in [-0.39, 0.29) is 23.8 Å². The number of halogens is 1. The molecule has 4 N–H and O–H groups in total. The molecule has 0 radical (unpaired) electrons. The normalized spacial score (nSPS) is 17.0. The summed E-state index contributed by atoms with van der Waals surface area (Å²) in [6, 6.07) is 9.96. The third-order valence-corrected chi connectivity index (χ3v) is 4.97. The number of nitrogens with two attached hydrogens (primary N) is 1. The van der Waals surface area contributed by atoms with Gasteiger partial charge < -0.3 is 15.5 Å². The van der Waals surface area contributed by atoms with Crippen molar-refractivity contribution >= 4 is 33.3 Å². The van der Waals surface area contributed by atoms with Gasteiger partial charge in [-0.2, -0.15) is 0 Å². The van der Waals surface area contributed by atoms with Gasteiger partial charge in [-0.1, -0.05) is 0 Å². The van der Waals surface area contributed by atoms with Gasteiger partial charge in [0.25, 0.3) is 0 Å². The molecule has 3 rings (SSSR count). The summed E-state index contributed by atoms with van der Waals surface area (Å²) in [6.45, 7) is 0.266. The second kappa shape index (κ2) is 7.33. The van der Waals surface area contributed by atoms with Gasteiger partial charge in [0, 0.05) is 24.3 Å². The van der Waals surface area contributed by atoms with Crippen LogP contribution in [0.25, 0.3) is 0 Å². The Kier molecular flexibility index (Phi) is 5.10. The fourth-order valence-corrected chi connectivity index (χ4v) is 3.27. The molecule has 1 saturated heterocycles. The van der Waals surface area contributed by atoms with Crippen LogP contribution in [0.5, 0.6) is 0 Å². The van der Waals surface area contributed by atoms with Crippen LogP contribution in [0.15, 0.2) is 53.4 Å². The molecule has 0 aliphatic carbocycles. The van der Waals surface area contributed by atoms with Crippen LogP contribution in [-0.2, 0) is 14.8 Å². The third kappa shape index (κ3) is 4.60. The number of nitrogens with one attached hydrogen (secondary N) is 2. The number of carbonyl (C=O) groups excluding carboxylic acids is 2. The Balaban J connectivity index is 1.58. The van der Waals surface area contributed by atoms with Crippen molar-refractivity contribution in [3.05, 3.63) is 54.3 Å². The van der Waals surface area contributed by atoms with Crippen molar-refractivity contribution in [3.63, 3.8) is 0 Å². The Morgan fingerprint density at radius 3 is 2.33 bits per heavy atom. The number of nitrogens with zero attached hydrogens (tertiary/aromatic N) is 1. The summed E-state index contributed by atoms with van der Waals surface area (Å²) < 4.78 is 35.4. The Morgan fingerprint density at radius 1 is 1.11 bits per heavy atom. The predicted octanol–water partition coefficient (Wildman–Crippen LogP) is 1.40. The van der Waals surface area contributed by atoms with E-state index in [1.807, 2.05) is 0 Å². The number of carbonyl (C=O) groups is 2. The van der Waals surface area contributed by atoms with Crippen LogP contribution in [0, 0.1) is 5.82 Å². The average Bonchev–Trinajstić information content (AvgIpc) is 2.95. The van der Waals surface area contributed by atoms with E-state index in [0.29, 0.717) is 11.4 Å². The van der Waals surface area contributed by atoms with Gasteiger partial charge in [0.05, 0.1) is 10.9 Å². The highest BCUT2D eigenvalue weighted by Crippen LogP contribution is 2.22. The molecule has 8 nitrogen and oxygen atoms in total. The van der Waals surface area contributed by atoms with Crippen LogP contribution < -0.4 is 20.7 Å². The van der Waals surface area contributed by atoms with E-state index in [1.54, 1.807) is 0 Å². The van der Waals surface area contributed by atoms with Crippen molar-refractivity contribution in [1.82, 2.24) is 5.32 Å². The summed E-state index contributed by atoms with van der Waals surface area (Å²) >= 11 is 0. The number of benzene rings is 2. The minimum atomic E-state index is -3.80. The number of rotatable bonds is 4. The zero-order chi connectivity index (χ0) is 19.6. The lowest BCUT2D eigenvalue weighted by Crippen LogP contribution is -2.39. The molecule has 10 heteroatoms. The SMILES string of the molecule is NS(=O)(=O)c1ccc(NC(=O)N[C@@H]2CC(=O)N(c3ccc(F)cc3)C2)cc1. The van der Waals surface area contributed by atoms with Crippen LogP contribution in [-0.4, -0.2) is 32.9 Å². The van der Waals surface area contributed by atoms with Crippen LogP contribution in [0.1, 0.15) is 6.42 Å². The highest BCUT2D eigenvalue weighted by Gasteiger charge is 2.31. The molecule has 0 saturated carbocycles. The van der Waals surface area contributed by atoms with Crippen LogP contribution in [0.2, 0.25) is 0 Å². The smallest absolute Gasteiger partial charge is 0.319 e. The Morgan fingerprint density at radius 2 is 1.74 bits per heavy atom. The number of primary sulfonamides is 1. The quantitative estimate of drug-likeness (QED) is 0.728. The molecule has 1 atom stereocenters. The summed E-state index contributed by atoms with van der Waals surface area (Å²) in [5.41, 5.74) is 0.935. The van der Waals surface area contributed by atoms with E-state index in [2.05, 4.69) is 10.6 Å². The molecule has 1 aliphatic heterocycles. The van der Waals surface area contributed by atoms with Gasteiger partial charge >= 0.3 is 6.03 Å². The molecule has 1 aliphatic rings. The summed E-state index contributed by atoms with van der Waals surface area (Å²) in [7, 11) is -3.80. The zero-order valence-corrected chi connectivity index (χ0v) is 14.9. The molecule has 3 amide bonds. The number of amides is 3. The number of urea groups is 1. The fraction of sp³-hybridized carbons (Fsp3) is 0.176. The molecule has 0 bridgehead atoms. The van der Waals surface area contributed by atoms with Crippen molar-refractivity contribution < 1.29 is 22.4 Å². The molecule has 2 aromatic carbocycles. The predicted molar refractivity (Wildman–Crippen MR) is 97.1 cm³/mol. The number of sulfonamides is 1. The lowest BCUT2D eigenvalue weighted by molar-refractivity contribution is -0.117. The molecule has 0 aromatic heterocycles. The Hall–Kier alpha value is -2.98. The molecule has 0 unspecified atom stereocenters. The van der Waals surface area contributed by atoms with E-state index in [9.17, 15) is 22.4 Å². The first-order valence-corrected chi connectivity index (χ1v) is 9.53. The summed E-state index contributed by atoms with van der Waals surface area (Å²) in [6.07, 6.45) is 0.120. The van der Waals surface area contributed by atoms with E-state index >= 15 is 0 Å². The molecule has 0 spiro atoms. The monoisotopic (exact) mass is 392 g/mol. The second-order valence-electron chi connectivity index (χ2n) is 6.05. The van der Waals surface area contributed by atoms with Crippen molar-refractivity contribution in [1.29, 1.82) is 0 Å². The van der Waals surface area contributed by atoms with Gasteiger partial charge in [-0.3, -0.25) is 4.79 Å². The number of hydrogen-bond donors (Lipinski definition) is 3. The molecular formula is C17H17FN4O4S. The molecule has 142 valence electrons. The zero-order valence-electron chi connectivity index (χ0n) is 14.1. The maximum Gasteiger partial charge on any atom is 0.319 e. The largest absolute Gasteiger partial charge is 0.333 e. The lowest BCUT2D eigenvalue weighted by atomic mass is 10.2. The van der Waals surface area contributed by atoms with E-state index < -0.39 is 27.9 Å². The highest BCUT2D eigenvalue weighted by atomic mass is 32.2. The van der Waals surface area contributed by atoms with Gasteiger partial charge in [-0.25, -0.2) is 22.7 Å². The van der Waals surface area contributed by atoms with Gasteiger partial charge in [0.2, 0.25) is 15.9 Å². The molecule has 1 fully saturated rings. The summed E-state index contributed by atoms with van der Waals surface area (Å²) in [4.78, 5) is 25.6. The van der Waals surface area contributed by atoms with E-state index in [4.69, 9.17) is 5.14 Å². The Bertz CT molecular complexity index is 961. The van der Waals surface area contributed by atoms with Crippen molar-refractivity contribution in [2.75, 3.05) is 16.8 Å². The second-order valence-corrected chi connectivity index (χ2v) is 7.61. The van der Waals surface area contributed by atoms with Gasteiger partial charge in [0.15, 0.2) is 0 Å². The maximum absolute atomic E-state index is 13.0. The van der Waals surface area contributed by atoms with E-state index in [0.717, 1.165) is 0 Å². The first-order valence-electron chi connectivity index (χ1n) is 7.99. The minimum absolute atomic E-state index is 0.0650. The van der Waals surface area contributed by atoms with Gasteiger partial charge in [0.1, 0.15) is 5.82 Å². The van der Waals surface area contributed by atoms with Crippen molar-refractivity contribution in [3.8, 4) is 0 Å². The minimum Gasteiger partial charge on any atom is -0.333 e. The van der Waals surface area contributed by atoms with Gasteiger partial charge in [-0.15, -0.1) is 0 Å². The number of hydrogen-bond acceptors (Lipinski definition) is 4. The lowest BCUT2D eigenvalue weighted by Gasteiger charge is -2.17. The number of anilines is 2. The van der Waals surface area contributed by atoms with Gasteiger partial charge in [-0.05, 0) is 48.5 Å². The van der Waals surface area contributed by atoms with Crippen LogP contribution in [0.3, 0.4) is 0 Å². The average molecular weight is 392 g/mol. The highest BCUT2D eigenvalue weighted by molar-refractivity contribution is 7.89. The Labute approximate surface area is 155 Å². The van der Waals surface area contributed by atoms with Crippen LogP contribution >= 0.6 is 0 Å². The van der Waals surface area contributed by atoms with Crippen molar-refractivity contribution in [2.45, 2.75) is 17.4 Å². The molecular weight excluding hydrogens is 375 g/mol. The molecule has 2 aromatic rings. The van der Waals surface area contributed by atoms with Crippen LogP contribution in [0.4, 0.5) is 20.6 Å². The topological polar surface area (TPSA) is 122 Å². The summed E-state index contributed by atoms with van der Waals surface area (Å²) in [5, 5.41) is 10.3. The van der Waals surface area contributed by atoms with E-state index in [1.165, 1.54) is 53.4 Å². The molecule has 1 heterocycles. The molecule has 27 heavy (non-hydrogen) atoms. The maximum atomic E-state index is 13.0. The standard InChI is InChI=1S/C17H17FN4O4S/c18-11-1-5-14(6-2-11)22-10-13(9-16(22)23)21-17(24)20-12-3-7-15(8-4-12)27(19,25)26/h1-8,13H,9-10H2,(H2,19,25,26)(H2,20,21,24)/t13-/m1/s1. The third-order valence-electron chi connectivity index (χ3n) is 4.04. The van der Waals surface area contributed by atoms with Crippen molar-refractivity contribution in [2.24, 2.45) is 5.14 Å². The summed E-state index contributed by atoms with van der Waals surface area (Å²) in [5.74, 6) is -0.572. The fourth-order valence-electron chi connectivity index (χ4n) is 2.76. The first-order chi connectivity index (χ1) is 12.7. The first kappa shape index (κ1) is 18.8.